The van der Waals surface area contributed by atoms with Crippen LogP contribution >= 0.6 is 11.8 Å². The first kappa shape index (κ1) is 12.3. The molecular formula is C10H22N2OS. The first-order valence-electron chi connectivity index (χ1n) is 5.32. The fourth-order valence-electron chi connectivity index (χ4n) is 2.08. The minimum absolute atomic E-state index is 0.458. The van der Waals surface area contributed by atoms with E-state index in [2.05, 4.69) is 12.3 Å². The average Bonchev–Trinajstić information content (AvgIpc) is 2.69. The van der Waals surface area contributed by atoms with Crippen LogP contribution in [-0.2, 0) is 4.74 Å². The van der Waals surface area contributed by atoms with E-state index in [0.717, 1.165) is 18.9 Å². The summed E-state index contributed by atoms with van der Waals surface area (Å²) in [4.78, 5) is 0. The number of thioether (sulfide) groups is 1. The van der Waals surface area contributed by atoms with Gasteiger partial charge in [0.2, 0.25) is 0 Å². The Morgan fingerprint density at radius 1 is 1.64 bits per heavy atom. The molecule has 84 valence electrons. The second kappa shape index (κ2) is 6.67. The van der Waals surface area contributed by atoms with Gasteiger partial charge >= 0.3 is 0 Å². The molecule has 0 radical (unpaired) electrons. The van der Waals surface area contributed by atoms with E-state index < -0.39 is 0 Å². The van der Waals surface area contributed by atoms with E-state index in [4.69, 9.17) is 10.6 Å². The number of ether oxygens (including phenoxy) is 1. The van der Waals surface area contributed by atoms with Crippen LogP contribution in [0, 0.1) is 11.8 Å². The van der Waals surface area contributed by atoms with Gasteiger partial charge in [-0.05, 0) is 36.2 Å². The lowest BCUT2D eigenvalue weighted by molar-refractivity contribution is 0.160. The molecule has 1 rings (SSSR count). The minimum Gasteiger partial charge on any atom is -0.385 e. The van der Waals surface area contributed by atoms with Crippen molar-refractivity contribution in [1.82, 2.24) is 5.43 Å². The standard InChI is InChI=1S/C10H22N2OS/c1-8(3-5-13-2)10(12-11)9-4-6-14-7-9/h8-10,12H,3-7,11H2,1-2H3. The third-order valence-electron chi connectivity index (χ3n) is 3.06. The predicted molar refractivity (Wildman–Crippen MR) is 62.2 cm³/mol. The first-order chi connectivity index (χ1) is 6.79. The Morgan fingerprint density at radius 3 is 2.93 bits per heavy atom. The molecule has 0 bridgehead atoms. The Labute approximate surface area is 91.1 Å². The van der Waals surface area contributed by atoms with Crippen LogP contribution in [0.3, 0.4) is 0 Å². The van der Waals surface area contributed by atoms with E-state index in [1.165, 1.54) is 17.9 Å². The number of hydrogen-bond acceptors (Lipinski definition) is 4. The van der Waals surface area contributed by atoms with Crippen molar-refractivity contribution < 1.29 is 4.74 Å². The van der Waals surface area contributed by atoms with Gasteiger partial charge in [-0.15, -0.1) is 0 Å². The van der Waals surface area contributed by atoms with Crippen LogP contribution in [0.15, 0.2) is 0 Å². The van der Waals surface area contributed by atoms with Crippen LogP contribution in [0.5, 0.6) is 0 Å². The maximum atomic E-state index is 5.63. The van der Waals surface area contributed by atoms with Crippen LogP contribution < -0.4 is 11.3 Å². The fraction of sp³-hybridized carbons (Fsp3) is 1.00. The molecule has 1 saturated heterocycles. The number of nitrogens with one attached hydrogen (secondary N) is 1. The number of hydrogen-bond donors (Lipinski definition) is 2. The van der Waals surface area contributed by atoms with E-state index in [0.29, 0.717) is 12.0 Å². The van der Waals surface area contributed by atoms with Gasteiger partial charge in [0.15, 0.2) is 0 Å². The topological polar surface area (TPSA) is 47.3 Å². The Kier molecular flexibility index (Phi) is 5.86. The molecular weight excluding hydrogens is 196 g/mol. The molecule has 0 aromatic rings. The van der Waals surface area contributed by atoms with Gasteiger partial charge in [0, 0.05) is 19.8 Å². The highest BCUT2D eigenvalue weighted by atomic mass is 32.2. The van der Waals surface area contributed by atoms with Gasteiger partial charge < -0.3 is 4.74 Å². The van der Waals surface area contributed by atoms with Crippen LogP contribution in [0.2, 0.25) is 0 Å². The van der Waals surface area contributed by atoms with E-state index >= 15 is 0 Å². The van der Waals surface area contributed by atoms with Gasteiger partial charge in [-0.1, -0.05) is 6.92 Å². The zero-order chi connectivity index (χ0) is 10.4. The molecule has 3 unspecified atom stereocenters. The van der Waals surface area contributed by atoms with Gasteiger partial charge in [-0.2, -0.15) is 11.8 Å². The van der Waals surface area contributed by atoms with Crippen molar-refractivity contribution in [3.63, 3.8) is 0 Å². The summed E-state index contributed by atoms with van der Waals surface area (Å²) in [5, 5.41) is 0. The predicted octanol–water partition coefficient (Wildman–Crippen LogP) is 1.24. The van der Waals surface area contributed by atoms with Crippen LogP contribution in [-0.4, -0.2) is 31.3 Å². The fourth-order valence-corrected chi connectivity index (χ4v) is 3.40. The number of methoxy groups -OCH3 is 1. The van der Waals surface area contributed by atoms with E-state index in [9.17, 15) is 0 Å². The molecule has 0 spiro atoms. The lowest BCUT2D eigenvalue weighted by Crippen LogP contribution is -2.45. The second-order valence-corrected chi connectivity index (χ2v) is 5.22. The average molecular weight is 218 g/mol. The van der Waals surface area contributed by atoms with E-state index in [-0.39, 0.29) is 0 Å². The van der Waals surface area contributed by atoms with E-state index in [1.807, 2.05) is 11.8 Å². The van der Waals surface area contributed by atoms with Crippen molar-refractivity contribution in [2.45, 2.75) is 25.8 Å². The third kappa shape index (κ3) is 3.42. The minimum atomic E-state index is 0.458. The van der Waals surface area contributed by atoms with Crippen molar-refractivity contribution in [3.8, 4) is 0 Å². The second-order valence-electron chi connectivity index (χ2n) is 4.07. The molecule has 0 aromatic heterocycles. The molecule has 0 aromatic carbocycles. The van der Waals surface area contributed by atoms with Crippen molar-refractivity contribution in [1.29, 1.82) is 0 Å². The Balaban J connectivity index is 2.34. The SMILES string of the molecule is COCCC(C)C(NN)C1CCSC1. The van der Waals surface area contributed by atoms with Crippen molar-refractivity contribution in [3.05, 3.63) is 0 Å². The van der Waals surface area contributed by atoms with Crippen LogP contribution in [0.4, 0.5) is 0 Å². The first-order valence-corrected chi connectivity index (χ1v) is 6.48. The van der Waals surface area contributed by atoms with Gasteiger partial charge in [0.05, 0.1) is 0 Å². The molecule has 1 fully saturated rings. The summed E-state index contributed by atoms with van der Waals surface area (Å²) in [6, 6.07) is 0.458. The van der Waals surface area contributed by atoms with Gasteiger partial charge in [-0.3, -0.25) is 11.3 Å². The molecule has 4 heteroatoms. The summed E-state index contributed by atoms with van der Waals surface area (Å²) in [7, 11) is 1.75. The van der Waals surface area contributed by atoms with Crippen LogP contribution in [0.1, 0.15) is 19.8 Å². The largest absolute Gasteiger partial charge is 0.385 e. The highest BCUT2D eigenvalue weighted by Gasteiger charge is 2.28. The Morgan fingerprint density at radius 2 is 2.43 bits per heavy atom. The number of hydrazine groups is 1. The lowest BCUT2D eigenvalue weighted by Gasteiger charge is -2.28. The highest BCUT2D eigenvalue weighted by molar-refractivity contribution is 7.99. The maximum absolute atomic E-state index is 5.63. The molecule has 3 N–H and O–H groups in total. The zero-order valence-electron chi connectivity index (χ0n) is 9.16. The van der Waals surface area contributed by atoms with Crippen molar-refractivity contribution >= 4 is 11.8 Å². The molecule has 3 atom stereocenters. The quantitative estimate of drug-likeness (QED) is 0.520. The monoisotopic (exact) mass is 218 g/mol. The van der Waals surface area contributed by atoms with Gasteiger partial charge in [0.1, 0.15) is 0 Å². The summed E-state index contributed by atoms with van der Waals surface area (Å²) < 4.78 is 5.10. The maximum Gasteiger partial charge on any atom is 0.0465 e. The van der Waals surface area contributed by atoms with Crippen LogP contribution in [0.25, 0.3) is 0 Å². The number of nitrogens with two attached hydrogens (primary N) is 1. The molecule has 1 aliphatic heterocycles. The summed E-state index contributed by atoms with van der Waals surface area (Å²) in [5.74, 6) is 9.52. The molecule has 0 aliphatic carbocycles. The molecule has 14 heavy (non-hydrogen) atoms. The van der Waals surface area contributed by atoms with E-state index in [1.54, 1.807) is 7.11 Å². The normalized spacial score (nSPS) is 26.4. The number of rotatable bonds is 6. The highest BCUT2D eigenvalue weighted by Crippen LogP contribution is 2.29. The van der Waals surface area contributed by atoms with Crippen molar-refractivity contribution in [2.24, 2.45) is 17.7 Å². The lowest BCUT2D eigenvalue weighted by atomic mass is 9.87. The van der Waals surface area contributed by atoms with Crippen molar-refractivity contribution in [2.75, 3.05) is 25.2 Å². The van der Waals surface area contributed by atoms with Gasteiger partial charge in [0.25, 0.3) is 0 Å². The molecule has 0 amide bonds. The smallest absolute Gasteiger partial charge is 0.0465 e. The molecule has 0 saturated carbocycles. The third-order valence-corrected chi connectivity index (χ3v) is 4.24. The Hall–Kier alpha value is 0.230. The molecule has 1 aliphatic rings. The summed E-state index contributed by atoms with van der Waals surface area (Å²) >= 11 is 2.04. The zero-order valence-corrected chi connectivity index (χ0v) is 9.98. The van der Waals surface area contributed by atoms with Gasteiger partial charge in [-0.25, -0.2) is 0 Å². The molecule has 1 heterocycles. The summed E-state index contributed by atoms with van der Waals surface area (Å²) in [6.45, 7) is 3.09. The Bertz CT molecular complexity index is 151. The molecule has 3 nitrogen and oxygen atoms in total. The summed E-state index contributed by atoms with van der Waals surface area (Å²) in [6.07, 6.45) is 2.39. The summed E-state index contributed by atoms with van der Waals surface area (Å²) in [5.41, 5.74) is 2.98.